The van der Waals surface area contributed by atoms with Crippen molar-refractivity contribution in [1.82, 2.24) is 10.2 Å². The van der Waals surface area contributed by atoms with Gasteiger partial charge in [-0.25, -0.2) is 0 Å². The molecule has 2 atom stereocenters. The molecule has 1 saturated carbocycles. The van der Waals surface area contributed by atoms with Crippen molar-refractivity contribution in [3.8, 4) is 0 Å². The molecule has 148 valence electrons. The van der Waals surface area contributed by atoms with Crippen LogP contribution < -0.4 is 16.4 Å². The molecule has 7 nitrogen and oxygen atoms in total. The Hall–Kier alpha value is -1.96. The first kappa shape index (κ1) is 19.8. The third kappa shape index (κ3) is 5.51. The van der Waals surface area contributed by atoms with Crippen LogP contribution in [0.15, 0.2) is 24.3 Å². The maximum Gasteiger partial charge on any atom is 0.251 e. The summed E-state index contributed by atoms with van der Waals surface area (Å²) in [4.78, 5) is 27.0. The lowest BCUT2D eigenvalue weighted by Crippen LogP contribution is -2.41. The van der Waals surface area contributed by atoms with Crippen LogP contribution in [0.4, 0.5) is 5.69 Å². The molecule has 2 amide bonds. The highest BCUT2D eigenvalue weighted by molar-refractivity contribution is 5.96. The van der Waals surface area contributed by atoms with Crippen LogP contribution in [0.3, 0.4) is 0 Å². The predicted molar refractivity (Wildman–Crippen MR) is 105 cm³/mol. The SMILES string of the molecule is NC[C@H]1CCC[C@H]1C(=O)Nc1ccc(C(=O)NCCN2CCOCC2)cc1. The second-order valence-electron chi connectivity index (χ2n) is 7.31. The van der Waals surface area contributed by atoms with Gasteiger partial charge in [0.2, 0.25) is 5.91 Å². The Morgan fingerprint density at radius 2 is 1.89 bits per heavy atom. The molecule has 1 aromatic carbocycles. The molecule has 0 bridgehead atoms. The Balaban J connectivity index is 1.44. The van der Waals surface area contributed by atoms with Gasteiger partial charge in [-0.2, -0.15) is 0 Å². The smallest absolute Gasteiger partial charge is 0.251 e. The topological polar surface area (TPSA) is 96.7 Å². The Kier molecular flexibility index (Phi) is 7.20. The van der Waals surface area contributed by atoms with Crippen molar-refractivity contribution in [2.24, 2.45) is 17.6 Å². The summed E-state index contributed by atoms with van der Waals surface area (Å²) in [5, 5.41) is 5.90. The standard InChI is InChI=1S/C20H30N4O3/c21-14-16-2-1-3-18(16)20(26)23-17-6-4-15(5-7-17)19(25)22-8-9-24-10-12-27-13-11-24/h4-7,16,18H,1-3,8-14,21H2,(H,22,25)(H,23,26)/t16-,18-/m1/s1. The molecule has 0 spiro atoms. The monoisotopic (exact) mass is 374 g/mol. The van der Waals surface area contributed by atoms with Crippen molar-refractivity contribution in [3.63, 3.8) is 0 Å². The molecular weight excluding hydrogens is 344 g/mol. The third-order valence-electron chi connectivity index (χ3n) is 5.53. The Bertz CT molecular complexity index is 629. The Morgan fingerprint density at radius 1 is 1.15 bits per heavy atom. The van der Waals surface area contributed by atoms with Crippen LogP contribution in [0.5, 0.6) is 0 Å². The summed E-state index contributed by atoms with van der Waals surface area (Å²) in [6, 6.07) is 7.05. The van der Waals surface area contributed by atoms with Gasteiger partial charge < -0.3 is 21.1 Å². The lowest BCUT2D eigenvalue weighted by Gasteiger charge is -2.26. The molecular formula is C20H30N4O3. The molecule has 2 aliphatic rings. The summed E-state index contributed by atoms with van der Waals surface area (Å²) < 4.78 is 5.31. The van der Waals surface area contributed by atoms with E-state index in [1.807, 2.05) is 0 Å². The number of amides is 2. The highest BCUT2D eigenvalue weighted by atomic mass is 16.5. The van der Waals surface area contributed by atoms with Gasteiger partial charge in [-0.05, 0) is 49.6 Å². The van der Waals surface area contributed by atoms with E-state index in [9.17, 15) is 9.59 Å². The normalized spacial score (nSPS) is 23.1. The lowest BCUT2D eigenvalue weighted by molar-refractivity contribution is -0.120. The van der Waals surface area contributed by atoms with Gasteiger partial charge in [0.25, 0.3) is 5.91 Å². The highest BCUT2D eigenvalue weighted by Gasteiger charge is 2.31. The molecule has 1 aromatic rings. The molecule has 2 fully saturated rings. The maximum absolute atomic E-state index is 12.4. The molecule has 1 aliphatic carbocycles. The van der Waals surface area contributed by atoms with E-state index in [4.69, 9.17) is 10.5 Å². The fourth-order valence-electron chi connectivity index (χ4n) is 3.86. The average molecular weight is 374 g/mol. The van der Waals surface area contributed by atoms with E-state index in [2.05, 4.69) is 15.5 Å². The number of carbonyl (C=O) groups excluding carboxylic acids is 2. The second kappa shape index (κ2) is 9.82. The largest absolute Gasteiger partial charge is 0.379 e. The van der Waals surface area contributed by atoms with Crippen LogP contribution in [0.1, 0.15) is 29.6 Å². The fraction of sp³-hybridized carbons (Fsp3) is 0.600. The minimum absolute atomic E-state index is 0.00170. The van der Waals surface area contributed by atoms with E-state index in [1.54, 1.807) is 24.3 Å². The van der Waals surface area contributed by atoms with Gasteiger partial charge in [0.1, 0.15) is 0 Å². The first-order valence-corrected chi connectivity index (χ1v) is 9.86. The minimum atomic E-state index is -0.0971. The molecule has 1 heterocycles. The van der Waals surface area contributed by atoms with E-state index < -0.39 is 0 Å². The Labute approximate surface area is 160 Å². The van der Waals surface area contributed by atoms with Crippen LogP contribution in [-0.2, 0) is 9.53 Å². The summed E-state index contributed by atoms with van der Waals surface area (Å²) in [6.07, 6.45) is 2.99. The van der Waals surface area contributed by atoms with Gasteiger partial charge in [0.05, 0.1) is 13.2 Å². The molecule has 3 rings (SSSR count). The number of nitrogens with zero attached hydrogens (tertiary/aromatic N) is 1. The fourth-order valence-corrected chi connectivity index (χ4v) is 3.86. The minimum Gasteiger partial charge on any atom is -0.379 e. The summed E-state index contributed by atoms with van der Waals surface area (Å²) in [6.45, 7) is 5.34. The van der Waals surface area contributed by atoms with Gasteiger partial charge in [-0.3, -0.25) is 14.5 Å². The van der Waals surface area contributed by atoms with Crippen molar-refractivity contribution in [1.29, 1.82) is 0 Å². The number of ether oxygens (including phenoxy) is 1. The Morgan fingerprint density at radius 3 is 2.59 bits per heavy atom. The van der Waals surface area contributed by atoms with Crippen molar-refractivity contribution < 1.29 is 14.3 Å². The summed E-state index contributed by atoms with van der Waals surface area (Å²) >= 11 is 0. The van der Waals surface area contributed by atoms with Crippen molar-refractivity contribution in [2.75, 3.05) is 51.3 Å². The first-order valence-electron chi connectivity index (χ1n) is 9.86. The van der Waals surface area contributed by atoms with Gasteiger partial charge in [-0.15, -0.1) is 0 Å². The number of carbonyl (C=O) groups is 2. The zero-order chi connectivity index (χ0) is 19.1. The number of hydrogen-bond acceptors (Lipinski definition) is 5. The van der Waals surface area contributed by atoms with E-state index in [1.165, 1.54) is 0 Å². The zero-order valence-corrected chi connectivity index (χ0v) is 15.8. The van der Waals surface area contributed by atoms with E-state index in [0.717, 1.165) is 52.1 Å². The number of morpholine rings is 1. The zero-order valence-electron chi connectivity index (χ0n) is 15.8. The summed E-state index contributed by atoms with van der Waals surface area (Å²) in [5.41, 5.74) is 7.07. The lowest BCUT2D eigenvalue weighted by atomic mass is 9.95. The quantitative estimate of drug-likeness (QED) is 0.663. The van der Waals surface area contributed by atoms with Gasteiger partial charge in [0, 0.05) is 43.3 Å². The molecule has 1 aliphatic heterocycles. The third-order valence-corrected chi connectivity index (χ3v) is 5.53. The van der Waals surface area contributed by atoms with Crippen molar-refractivity contribution >= 4 is 17.5 Å². The van der Waals surface area contributed by atoms with E-state index in [-0.39, 0.29) is 23.7 Å². The van der Waals surface area contributed by atoms with Crippen LogP contribution in [0, 0.1) is 11.8 Å². The number of rotatable bonds is 7. The first-order chi connectivity index (χ1) is 13.2. The predicted octanol–water partition coefficient (Wildman–Crippen LogP) is 1.06. The highest BCUT2D eigenvalue weighted by Crippen LogP contribution is 2.31. The van der Waals surface area contributed by atoms with Crippen molar-refractivity contribution in [2.45, 2.75) is 19.3 Å². The maximum atomic E-state index is 12.4. The molecule has 27 heavy (non-hydrogen) atoms. The van der Waals surface area contributed by atoms with Crippen LogP contribution >= 0.6 is 0 Å². The second-order valence-corrected chi connectivity index (χ2v) is 7.31. The molecule has 7 heteroatoms. The van der Waals surface area contributed by atoms with Crippen molar-refractivity contribution in [3.05, 3.63) is 29.8 Å². The number of nitrogens with one attached hydrogen (secondary N) is 2. The molecule has 4 N–H and O–H groups in total. The number of anilines is 1. The van der Waals surface area contributed by atoms with E-state index >= 15 is 0 Å². The summed E-state index contributed by atoms with van der Waals surface area (Å²) in [7, 11) is 0. The van der Waals surface area contributed by atoms with Crippen LogP contribution in [0.25, 0.3) is 0 Å². The average Bonchev–Trinajstić information content (AvgIpc) is 3.18. The number of nitrogens with two attached hydrogens (primary N) is 1. The van der Waals surface area contributed by atoms with Crippen LogP contribution in [0.2, 0.25) is 0 Å². The molecule has 1 saturated heterocycles. The van der Waals surface area contributed by atoms with Crippen LogP contribution in [-0.4, -0.2) is 62.7 Å². The number of benzene rings is 1. The van der Waals surface area contributed by atoms with Gasteiger partial charge >= 0.3 is 0 Å². The molecule has 0 radical (unpaired) electrons. The number of hydrogen-bond donors (Lipinski definition) is 3. The van der Waals surface area contributed by atoms with E-state index in [0.29, 0.717) is 24.3 Å². The molecule has 0 unspecified atom stereocenters. The molecule has 0 aromatic heterocycles. The van der Waals surface area contributed by atoms with Gasteiger partial charge in [-0.1, -0.05) is 6.42 Å². The summed E-state index contributed by atoms with van der Waals surface area (Å²) in [5.74, 6) is 0.213. The van der Waals surface area contributed by atoms with Gasteiger partial charge in [0.15, 0.2) is 0 Å².